The Hall–Kier alpha value is -0.780. The summed E-state index contributed by atoms with van der Waals surface area (Å²) >= 11 is 3.54. The Morgan fingerprint density at radius 3 is 2.56 bits per heavy atom. The van der Waals surface area contributed by atoms with Crippen LogP contribution in [-0.4, -0.2) is 20.3 Å². The third-order valence-electron chi connectivity index (χ3n) is 3.54. The maximum atomic E-state index is 5.89. The Labute approximate surface area is 115 Å². The molecule has 0 unspecified atom stereocenters. The first-order chi connectivity index (χ1) is 8.72. The molecular formula is C13H16BrNO3. The molecule has 0 atom stereocenters. The summed E-state index contributed by atoms with van der Waals surface area (Å²) in [5, 5.41) is 0. The van der Waals surface area contributed by atoms with Gasteiger partial charge in [-0.2, -0.15) is 5.48 Å². The molecule has 1 fully saturated rings. The van der Waals surface area contributed by atoms with Crippen molar-refractivity contribution < 1.29 is 14.3 Å². The molecule has 0 saturated heterocycles. The lowest BCUT2D eigenvalue weighted by Gasteiger charge is -2.11. The van der Waals surface area contributed by atoms with Crippen LogP contribution in [0.25, 0.3) is 0 Å². The molecule has 1 spiro atoms. The van der Waals surface area contributed by atoms with Crippen molar-refractivity contribution in [3.05, 3.63) is 22.2 Å². The fourth-order valence-electron chi connectivity index (χ4n) is 2.06. The predicted molar refractivity (Wildman–Crippen MR) is 70.6 cm³/mol. The average Bonchev–Trinajstić information content (AvgIpc) is 3.16. The van der Waals surface area contributed by atoms with Gasteiger partial charge in [0.05, 0.1) is 20.3 Å². The van der Waals surface area contributed by atoms with E-state index in [4.69, 9.17) is 14.3 Å². The summed E-state index contributed by atoms with van der Waals surface area (Å²) in [6.45, 7) is 2.15. The second-order valence-corrected chi connectivity index (χ2v) is 5.85. The van der Waals surface area contributed by atoms with Crippen LogP contribution in [0.5, 0.6) is 11.5 Å². The molecular weight excluding hydrogens is 298 g/mol. The lowest BCUT2D eigenvalue weighted by molar-refractivity contribution is 0.0865. The molecule has 0 amide bonds. The third-order valence-corrected chi connectivity index (χ3v) is 4.28. The van der Waals surface area contributed by atoms with Crippen LogP contribution in [-0.2, 0) is 11.4 Å². The highest BCUT2D eigenvalue weighted by Crippen LogP contribution is 2.49. The number of fused-ring (bicyclic) bond motifs is 1. The average molecular weight is 314 g/mol. The fraction of sp³-hybridized carbons (Fsp3) is 0.538. The highest BCUT2D eigenvalue weighted by Gasteiger charge is 2.46. The first kappa shape index (κ1) is 12.3. The SMILES string of the molecule is CONCc1cc2c(cc1Br)OCC1(CC1)CO2. The number of nitrogens with one attached hydrogen (secondary N) is 1. The molecule has 4 nitrogen and oxygen atoms in total. The summed E-state index contributed by atoms with van der Waals surface area (Å²) in [6.07, 6.45) is 2.42. The molecule has 1 aromatic rings. The molecule has 1 aromatic carbocycles. The number of ether oxygens (including phenoxy) is 2. The van der Waals surface area contributed by atoms with E-state index < -0.39 is 0 Å². The molecule has 0 aromatic heterocycles. The van der Waals surface area contributed by atoms with E-state index in [0.29, 0.717) is 6.54 Å². The lowest BCUT2D eigenvalue weighted by Crippen LogP contribution is -2.17. The Bertz CT molecular complexity index is 460. The summed E-state index contributed by atoms with van der Waals surface area (Å²) < 4.78 is 12.7. The number of hydroxylamine groups is 1. The van der Waals surface area contributed by atoms with Crippen molar-refractivity contribution in [1.29, 1.82) is 0 Å². The lowest BCUT2D eigenvalue weighted by atomic mass is 10.1. The van der Waals surface area contributed by atoms with Gasteiger partial charge in [0.15, 0.2) is 11.5 Å². The summed E-state index contributed by atoms with van der Waals surface area (Å²) in [4.78, 5) is 4.87. The minimum Gasteiger partial charge on any atom is -0.489 e. The van der Waals surface area contributed by atoms with E-state index in [1.165, 1.54) is 12.8 Å². The van der Waals surface area contributed by atoms with Gasteiger partial charge in [0.1, 0.15) is 0 Å². The third kappa shape index (κ3) is 2.35. The van der Waals surface area contributed by atoms with Crippen LogP contribution in [0.4, 0.5) is 0 Å². The quantitative estimate of drug-likeness (QED) is 0.871. The second-order valence-electron chi connectivity index (χ2n) is 4.99. The first-order valence-corrected chi connectivity index (χ1v) is 6.86. The topological polar surface area (TPSA) is 39.7 Å². The van der Waals surface area contributed by atoms with Crippen LogP contribution >= 0.6 is 15.9 Å². The van der Waals surface area contributed by atoms with Crippen molar-refractivity contribution in [1.82, 2.24) is 5.48 Å². The van der Waals surface area contributed by atoms with Gasteiger partial charge < -0.3 is 14.3 Å². The maximum absolute atomic E-state index is 5.89. The monoisotopic (exact) mass is 313 g/mol. The molecule has 18 heavy (non-hydrogen) atoms. The van der Waals surface area contributed by atoms with Gasteiger partial charge in [-0.25, -0.2) is 0 Å². The van der Waals surface area contributed by atoms with Crippen molar-refractivity contribution in [3.8, 4) is 11.5 Å². The van der Waals surface area contributed by atoms with Gasteiger partial charge in [0.25, 0.3) is 0 Å². The van der Waals surface area contributed by atoms with Gasteiger partial charge in [0.2, 0.25) is 0 Å². The summed E-state index contributed by atoms with van der Waals surface area (Å²) in [7, 11) is 1.60. The van der Waals surface area contributed by atoms with Crippen molar-refractivity contribution >= 4 is 15.9 Å². The summed E-state index contributed by atoms with van der Waals surface area (Å²) in [5.74, 6) is 1.65. The van der Waals surface area contributed by atoms with Crippen LogP contribution in [0, 0.1) is 5.41 Å². The van der Waals surface area contributed by atoms with E-state index in [2.05, 4.69) is 21.4 Å². The van der Waals surface area contributed by atoms with Gasteiger partial charge in [-0.1, -0.05) is 15.9 Å². The number of benzene rings is 1. The van der Waals surface area contributed by atoms with Crippen molar-refractivity contribution in [2.75, 3.05) is 20.3 Å². The molecule has 1 aliphatic heterocycles. The minimum atomic E-state index is 0.274. The second kappa shape index (κ2) is 4.72. The molecule has 0 radical (unpaired) electrons. The summed E-state index contributed by atoms with van der Waals surface area (Å²) in [5.41, 5.74) is 4.19. The minimum absolute atomic E-state index is 0.274. The highest BCUT2D eigenvalue weighted by molar-refractivity contribution is 9.10. The molecule has 3 rings (SSSR count). The normalized spacial score (nSPS) is 19.7. The molecule has 98 valence electrons. The van der Waals surface area contributed by atoms with Crippen LogP contribution in [0.3, 0.4) is 0 Å². The first-order valence-electron chi connectivity index (χ1n) is 6.06. The van der Waals surface area contributed by atoms with Crippen LogP contribution in [0.2, 0.25) is 0 Å². The number of hydrogen-bond acceptors (Lipinski definition) is 4. The van der Waals surface area contributed by atoms with Crippen LogP contribution < -0.4 is 15.0 Å². The number of halogens is 1. The predicted octanol–water partition coefficient (Wildman–Crippen LogP) is 2.65. The number of hydrogen-bond donors (Lipinski definition) is 1. The van der Waals surface area contributed by atoms with Gasteiger partial charge in [0, 0.05) is 16.4 Å². The molecule has 1 heterocycles. The Kier molecular flexibility index (Phi) is 3.21. The van der Waals surface area contributed by atoms with E-state index in [-0.39, 0.29) is 5.41 Å². The van der Waals surface area contributed by atoms with E-state index in [1.807, 2.05) is 12.1 Å². The molecule has 1 aliphatic carbocycles. The fourth-order valence-corrected chi connectivity index (χ4v) is 2.52. The zero-order chi connectivity index (χ0) is 12.6. The molecule has 0 bridgehead atoms. The van der Waals surface area contributed by atoms with Crippen molar-refractivity contribution in [3.63, 3.8) is 0 Å². The van der Waals surface area contributed by atoms with Crippen molar-refractivity contribution in [2.45, 2.75) is 19.4 Å². The Morgan fingerprint density at radius 2 is 1.94 bits per heavy atom. The molecule has 5 heteroatoms. The summed E-state index contributed by atoms with van der Waals surface area (Å²) in [6, 6.07) is 3.98. The van der Waals surface area contributed by atoms with E-state index in [0.717, 1.165) is 34.7 Å². The van der Waals surface area contributed by atoms with Gasteiger partial charge in [-0.15, -0.1) is 0 Å². The largest absolute Gasteiger partial charge is 0.489 e. The van der Waals surface area contributed by atoms with Crippen LogP contribution in [0.1, 0.15) is 18.4 Å². The molecule has 1 N–H and O–H groups in total. The highest BCUT2D eigenvalue weighted by atomic mass is 79.9. The Balaban J connectivity index is 1.83. The number of rotatable bonds is 3. The van der Waals surface area contributed by atoms with Crippen LogP contribution in [0.15, 0.2) is 16.6 Å². The zero-order valence-corrected chi connectivity index (χ0v) is 11.9. The van der Waals surface area contributed by atoms with E-state index in [1.54, 1.807) is 7.11 Å². The van der Waals surface area contributed by atoms with Gasteiger partial charge in [-0.3, -0.25) is 0 Å². The zero-order valence-electron chi connectivity index (χ0n) is 10.3. The standard InChI is InChI=1S/C13H16BrNO3/c1-16-15-6-9-4-11-12(5-10(9)14)18-8-13(2-3-13)7-17-11/h4-5,15H,2-3,6-8H2,1H3. The Morgan fingerprint density at radius 1 is 1.28 bits per heavy atom. The van der Waals surface area contributed by atoms with Gasteiger partial charge >= 0.3 is 0 Å². The van der Waals surface area contributed by atoms with Crippen molar-refractivity contribution in [2.24, 2.45) is 5.41 Å². The van der Waals surface area contributed by atoms with E-state index >= 15 is 0 Å². The maximum Gasteiger partial charge on any atom is 0.162 e. The van der Waals surface area contributed by atoms with Gasteiger partial charge in [-0.05, 0) is 30.5 Å². The smallest absolute Gasteiger partial charge is 0.162 e. The molecule has 2 aliphatic rings. The van der Waals surface area contributed by atoms with E-state index in [9.17, 15) is 0 Å². The molecule has 1 saturated carbocycles.